The third-order valence-corrected chi connectivity index (χ3v) is 4.81. The predicted molar refractivity (Wildman–Crippen MR) is 99.2 cm³/mol. The van der Waals surface area contributed by atoms with Crippen LogP contribution in [0.15, 0.2) is 48.5 Å². The number of halogens is 3. The van der Waals surface area contributed by atoms with Crippen LogP contribution in [0.25, 0.3) is 28.5 Å². The van der Waals surface area contributed by atoms with Crippen LogP contribution in [0.4, 0.5) is 13.2 Å². The van der Waals surface area contributed by atoms with Gasteiger partial charge in [0.2, 0.25) is 4.96 Å². The Bertz CT molecular complexity index is 1120. The normalized spacial score (nSPS) is 12.3. The summed E-state index contributed by atoms with van der Waals surface area (Å²) in [4.78, 5) is 0.620. The molecule has 0 aliphatic rings. The second-order valence-electron chi connectivity index (χ2n) is 5.98. The molecule has 0 atom stereocenters. The molecule has 0 amide bonds. The number of hydrogen-bond acceptors (Lipinski definition) is 4. The lowest BCUT2D eigenvalue weighted by molar-refractivity contribution is -0.137. The minimum Gasteiger partial charge on any atom is -0.182 e. The molecular weight excluding hydrogens is 373 g/mol. The van der Waals surface area contributed by atoms with Crippen LogP contribution >= 0.6 is 11.3 Å². The van der Waals surface area contributed by atoms with E-state index in [0.717, 1.165) is 23.3 Å². The standard InChI is InChI=1S/C19H13F3N4S/c1-12-5-8-14(9-6-12)17-23-24-18-26(17)25-16(27-18)10-7-13-3-2-4-15(11-13)19(20,21)22/h2-11H,1H3/b10-7+. The van der Waals surface area contributed by atoms with Crippen molar-refractivity contribution in [3.8, 4) is 11.4 Å². The number of benzene rings is 2. The van der Waals surface area contributed by atoms with Crippen LogP contribution in [0.1, 0.15) is 21.7 Å². The zero-order chi connectivity index (χ0) is 19.0. The van der Waals surface area contributed by atoms with Gasteiger partial charge in [-0.2, -0.15) is 22.8 Å². The van der Waals surface area contributed by atoms with Crippen molar-refractivity contribution in [2.24, 2.45) is 0 Å². The van der Waals surface area contributed by atoms with E-state index in [1.54, 1.807) is 22.7 Å². The maximum Gasteiger partial charge on any atom is 0.416 e. The van der Waals surface area contributed by atoms with E-state index in [1.165, 1.54) is 17.4 Å². The molecule has 0 spiro atoms. The number of fused-ring (bicyclic) bond motifs is 1. The molecule has 136 valence electrons. The second-order valence-corrected chi connectivity index (χ2v) is 6.97. The Balaban J connectivity index is 1.64. The highest BCUT2D eigenvalue weighted by atomic mass is 32.1. The first-order valence-corrected chi connectivity index (χ1v) is 8.86. The Hall–Kier alpha value is -3.00. The van der Waals surface area contributed by atoms with Gasteiger partial charge < -0.3 is 0 Å². The minimum atomic E-state index is -4.36. The van der Waals surface area contributed by atoms with Crippen LogP contribution in [-0.2, 0) is 6.18 Å². The summed E-state index contributed by atoms with van der Waals surface area (Å²) in [5, 5.41) is 13.4. The summed E-state index contributed by atoms with van der Waals surface area (Å²) in [6, 6.07) is 13.0. The van der Waals surface area contributed by atoms with Crippen LogP contribution < -0.4 is 0 Å². The molecule has 0 bridgehead atoms. The van der Waals surface area contributed by atoms with E-state index >= 15 is 0 Å². The molecule has 8 heteroatoms. The van der Waals surface area contributed by atoms with Gasteiger partial charge in [0.1, 0.15) is 5.01 Å². The molecule has 27 heavy (non-hydrogen) atoms. The third kappa shape index (κ3) is 3.61. The van der Waals surface area contributed by atoms with Crippen molar-refractivity contribution in [2.45, 2.75) is 13.1 Å². The average Bonchev–Trinajstić information content (AvgIpc) is 3.21. The van der Waals surface area contributed by atoms with Crippen molar-refractivity contribution >= 4 is 28.4 Å². The van der Waals surface area contributed by atoms with E-state index in [2.05, 4.69) is 15.3 Å². The third-order valence-electron chi connectivity index (χ3n) is 3.95. The van der Waals surface area contributed by atoms with E-state index in [1.807, 2.05) is 31.2 Å². The fourth-order valence-corrected chi connectivity index (χ4v) is 3.31. The monoisotopic (exact) mass is 386 g/mol. The highest BCUT2D eigenvalue weighted by Gasteiger charge is 2.30. The lowest BCUT2D eigenvalue weighted by atomic mass is 10.1. The average molecular weight is 386 g/mol. The number of aryl methyl sites for hydroxylation is 1. The van der Waals surface area contributed by atoms with Gasteiger partial charge in [0.05, 0.1) is 5.56 Å². The zero-order valence-corrected chi connectivity index (χ0v) is 14.9. The van der Waals surface area contributed by atoms with Crippen molar-refractivity contribution < 1.29 is 13.2 Å². The lowest BCUT2D eigenvalue weighted by Gasteiger charge is -2.06. The zero-order valence-electron chi connectivity index (χ0n) is 14.1. The van der Waals surface area contributed by atoms with E-state index in [4.69, 9.17) is 0 Å². The summed E-state index contributed by atoms with van der Waals surface area (Å²) in [5.41, 5.74) is 1.81. The molecule has 0 saturated carbocycles. The first kappa shape index (κ1) is 17.4. The largest absolute Gasteiger partial charge is 0.416 e. The number of aromatic nitrogens is 4. The second kappa shape index (κ2) is 6.62. The lowest BCUT2D eigenvalue weighted by Crippen LogP contribution is -2.04. The smallest absolute Gasteiger partial charge is 0.182 e. The SMILES string of the molecule is Cc1ccc(-c2nnc3sc(/C=C/c4cccc(C(F)(F)F)c4)nn23)cc1. The van der Waals surface area contributed by atoms with Crippen molar-refractivity contribution in [2.75, 3.05) is 0 Å². The van der Waals surface area contributed by atoms with Crippen LogP contribution in [-0.4, -0.2) is 19.8 Å². The van der Waals surface area contributed by atoms with Gasteiger partial charge in [-0.1, -0.05) is 59.4 Å². The highest BCUT2D eigenvalue weighted by Crippen LogP contribution is 2.30. The van der Waals surface area contributed by atoms with Crippen molar-refractivity contribution in [3.05, 3.63) is 70.2 Å². The molecule has 4 nitrogen and oxygen atoms in total. The summed E-state index contributed by atoms with van der Waals surface area (Å²) >= 11 is 1.31. The highest BCUT2D eigenvalue weighted by molar-refractivity contribution is 7.17. The van der Waals surface area contributed by atoms with Crippen LogP contribution in [0.5, 0.6) is 0 Å². The molecule has 2 aromatic heterocycles. The number of alkyl halides is 3. The number of nitrogens with zero attached hydrogens (tertiary/aromatic N) is 4. The molecule has 2 heterocycles. The van der Waals surface area contributed by atoms with Gasteiger partial charge in [-0.15, -0.1) is 10.2 Å². The maximum atomic E-state index is 12.8. The van der Waals surface area contributed by atoms with Gasteiger partial charge in [0, 0.05) is 5.56 Å². The minimum absolute atomic E-state index is 0.453. The molecule has 0 radical (unpaired) electrons. The molecule has 0 unspecified atom stereocenters. The molecule has 0 N–H and O–H groups in total. The molecule has 0 aliphatic carbocycles. The van der Waals surface area contributed by atoms with Gasteiger partial charge in [0.15, 0.2) is 5.82 Å². The van der Waals surface area contributed by atoms with Gasteiger partial charge in [-0.05, 0) is 30.7 Å². The molecule has 0 aliphatic heterocycles. The van der Waals surface area contributed by atoms with Crippen molar-refractivity contribution in [1.29, 1.82) is 0 Å². The van der Waals surface area contributed by atoms with E-state index in [9.17, 15) is 13.2 Å². The van der Waals surface area contributed by atoms with Gasteiger partial charge in [-0.3, -0.25) is 0 Å². The molecule has 4 rings (SSSR count). The predicted octanol–water partition coefficient (Wildman–Crippen LogP) is 5.35. The Morgan fingerprint density at radius 1 is 1.00 bits per heavy atom. The Kier molecular flexibility index (Phi) is 4.27. The first-order valence-electron chi connectivity index (χ1n) is 8.05. The quantitative estimate of drug-likeness (QED) is 0.477. The van der Waals surface area contributed by atoms with Crippen LogP contribution in [0.3, 0.4) is 0 Å². The molecule has 4 aromatic rings. The van der Waals surface area contributed by atoms with E-state index in [0.29, 0.717) is 21.4 Å². The Morgan fingerprint density at radius 2 is 1.78 bits per heavy atom. The van der Waals surface area contributed by atoms with E-state index < -0.39 is 11.7 Å². The van der Waals surface area contributed by atoms with Gasteiger partial charge >= 0.3 is 6.18 Å². The maximum absolute atomic E-state index is 12.8. The summed E-state index contributed by atoms with van der Waals surface area (Å²) in [5.74, 6) is 0.625. The van der Waals surface area contributed by atoms with Crippen molar-refractivity contribution in [1.82, 2.24) is 19.8 Å². The summed E-state index contributed by atoms with van der Waals surface area (Å²) in [7, 11) is 0. The summed E-state index contributed by atoms with van der Waals surface area (Å²) in [6.45, 7) is 2.00. The van der Waals surface area contributed by atoms with Gasteiger partial charge in [-0.25, -0.2) is 0 Å². The Morgan fingerprint density at radius 3 is 2.52 bits per heavy atom. The Labute approximate surface area is 156 Å². The number of hydrogen-bond donors (Lipinski definition) is 0. The molecular formula is C19H13F3N4S. The van der Waals surface area contributed by atoms with Crippen molar-refractivity contribution in [3.63, 3.8) is 0 Å². The van der Waals surface area contributed by atoms with Gasteiger partial charge in [0.25, 0.3) is 0 Å². The first-order chi connectivity index (χ1) is 12.9. The molecule has 0 fully saturated rings. The topological polar surface area (TPSA) is 43.1 Å². The summed E-state index contributed by atoms with van der Waals surface area (Å²) in [6.07, 6.45) is -1.08. The van der Waals surface area contributed by atoms with E-state index in [-0.39, 0.29) is 0 Å². The fourth-order valence-electron chi connectivity index (χ4n) is 2.57. The van der Waals surface area contributed by atoms with Crippen LogP contribution in [0.2, 0.25) is 0 Å². The number of rotatable bonds is 3. The molecule has 2 aromatic carbocycles. The van der Waals surface area contributed by atoms with Crippen LogP contribution in [0, 0.1) is 6.92 Å². The molecule has 0 saturated heterocycles. The fraction of sp³-hybridized carbons (Fsp3) is 0.105. The summed E-state index contributed by atoms with van der Waals surface area (Å²) < 4.78 is 40.1.